The molecule has 0 saturated carbocycles. The fourth-order valence-electron chi connectivity index (χ4n) is 1.53. The van der Waals surface area contributed by atoms with Crippen molar-refractivity contribution in [3.05, 3.63) is 0 Å². The lowest BCUT2D eigenvalue weighted by atomic mass is 10.1. The molecule has 8 heteroatoms. The van der Waals surface area contributed by atoms with Crippen molar-refractivity contribution >= 4 is 23.6 Å². The van der Waals surface area contributed by atoms with E-state index in [0.717, 1.165) is 0 Å². The zero-order valence-corrected chi connectivity index (χ0v) is 14.0. The molecule has 0 radical (unpaired) electrons. The van der Waals surface area contributed by atoms with Gasteiger partial charge in [0.15, 0.2) is 0 Å². The highest BCUT2D eigenvalue weighted by Crippen LogP contribution is 1.99. The second-order valence-electron chi connectivity index (χ2n) is 6.17. The largest absolute Gasteiger partial charge is 0.350 e. The zero-order chi connectivity index (χ0) is 17.5. The fraction of sp³-hybridized carbons (Fsp3) is 0.714. The van der Waals surface area contributed by atoms with E-state index in [9.17, 15) is 19.2 Å². The van der Waals surface area contributed by atoms with Crippen molar-refractivity contribution in [3.63, 3.8) is 0 Å². The maximum atomic E-state index is 11.8. The van der Waals surface area contributed by atoms with E-state index in [1.54, 1.807) is 6.92 Å². The summed E-state index contributed by atoms with van der Waals surface area (Å²) in [5.74, 6) is -1.60. The molecule has 0 aromatic rings. The molecular weight excluding hydrogens is 288 g/mol. The molecule has 0 heterocycles. The Kier molecular flexibility index (Phi) is 7.55. The molecule has 0 spiro atoms. The third kappa shape index (κ3) is 8.93. The van der Waals surface area contributed by atoms with Crippen LogP contribution in [-0.4, -0.2) is 47.8 Å². The predicted octanol–water partition coefficient (Wildman–Crippen LogP) is -0.953. The van der Waals surface area contributed by atoms with Gasteiger partial charge in [0.2, 0.25) is 23.6 Å². The summed E-state index contributed by atoms with van der Waals surface area (Å²) in [6.07, 6.45) is 0. The topological polar surface area (TPSA) is 116 Å². The first kappa shape index (κ1) is 19.9. The molecular formula is C14H26N4O4. The minimum atomic E-state index is -0.730. The first-order valence-corrected chi connectivity index (χ1v) is 7.08. The minimum absolute atomic E-state index is 0.268. The molecule has 0 fully saturated rings. The number of hydrogen-bond acceptors (Lipinski definition) is 4. The van der Waals surface area contributed by atoms with E-state index in [1.165, 1.54) is 13.8 Å². The Morgan fingerprint density at radius 2 is 1.41 bits per heavy atom. The maximum Gasteiger partial charge on any atom is 0.242 e. The van der Waals surface area contributed by atoms with Crippen LogP contribution in [0.25, 0.3) is 0 Å². The number of carbonyl (C=O) groups is 4. The Morgan fingerprint density at radius 1 is 0.909 bits per heavy atom. The van der Waals surface area contributed by atoms with Gasteiger partial charge in [0.1, 0.15) is 12.1 Å². The highest BCUT2D eigenvalue weighted by Gasteiger charge is 2.21. The summed E-state index contributed by atoms with van der Waals surface area (Å²) < 4.78 is 0. The van der Waals surface area contributed by atoms with Gasteiger partial charge in [0.25, 0.3) is 0 Å². The van der Waals surface area contributed by atoms with E-state index in [1.807, 2.05) is 20.8 Å². The molecule has 2 atom stereocenters. The quantitative estimate of drug-likeness (QED) is 0.505. The van der Waals surface area contributed by atoms with Crippen LogP contribution in [0.1, 0.15) is 41.5 Å². The molecule has 0 aromatic carbocycles. The van der Waals surface area contributed by atoms with Crippen LogP contribution in [0.15, 0.2) is 0 Å². The molecule has 0 aliphatic heterocycles. The molecule has 2 unspecified atom stereocenters. The maximum absolute atomic E-state index is 11.8. The molecule has 8 nitrogen and oxygen atoms in total. The SMILES string of the molecule is CC(=O)NC(C)C(=O)NCC(=O)NC(C)C(=O)NC(C)(C)C. The van der Waals surface area contributed by atoms with Crippen molar-refractivity contribution in [2.45, 2.75) is 59.2 Å². The van der Waals surface area contributed by atoms with E-state index in [2.05, 4.69) is 21.3 Å². The first-order chi connectivity index (χ1) is 9.92. The molecule has 0 aliphatic carbocycles. The summed E-state index contributed by atoms with van der Waals surface area (Å²) in [4.78, 5) is 45.9. The van der Waals surface area contributed by atoms with Crippen LogP contribution in [0.4, 0.5) is 0 Å². The van der Waals surface area contributed by atoms with Crippen LogP contribution in [0, 0.1) is 0 Å². The number of amides is 4. The Balaban J connectivity index is 4.21. The second-order valence-corrected chi connectivity index (χ2v) is 6.17. The number of carbonyl (C=O) groups excluding carboxylic acids is 4. The summed E-state index contributed by atoms with van der Waals surface area (Å²) >= 11 is 0. The van der Waals surface area contributed by atoms with Crippen molar-refractivity contribution in [3.8, 4) is 0 Å². The average molecular weight is 314 g/mol. The predicted molar refractivity (Wildman–Crippen MR) is 81.8 cm³/mol. The normalized spacial score (nSPS) is 13.5. The van der Waals surface area contributed by atoms with Gasteiger partial charge in [0.05, 0.1) is 6.54 Å². The summed E-state index contributed by atoms with van der Waals surface area (Å²) in [6.45, 7) is 9.60. The number of hydrogen-bond donors (Lipinski definition) is 4. The van der Waals surface area contributed by atoms with Crippen molar-refractivity contribution in [1.29, 1.82) is 0 Å². The lowest BCUT2D eigenvalue weighted by molar-refractivity contribution is -0.131. The van der Waals surface area contributed by atoms with Crippen molar-refractivity contribution in [2.24, 2.45) is 0 Å². The van der Waals surface area contributed by atoms with E-state index in [0.29, 0.717) is 0 Å². The van der Waals surface area contributed by atoms with Crippen LogP contribution in [0.3, 0.4) is 0 Å². The van der Waals surface area contributed by atoms with E-state index >= 15 is 0 Å². The Morgan fingerprint density at radius 3 is 1.86 bits per heavy atom. The monoisotopic (exact) mass is 314 g/mol. The molecule has 4 N–H and O–H groups in total. The van der Waals surface area contributed by atoms with Gasteiger partial charge in [-0.3, -0.25) is 19.2 Å². The van der Waals surface area contributed by atoms with Crippen LogP contribution < -0.4 is 21.3 Å². The molecule has 126 valence electrons. The third-order valence-electron chi connectivity index (χ3n) is 2.51. The highest BCUT2D eigenvalue weighted by atomic mass is 16.2. The van der Waals surface area contributed by atoms with Gasteiger partial charge in [-0.1, -0.05) is 0 Å². The molecule has 0 aliphatic rings. The lowest BCUT2D eigenvalue weighted by Gasteiger charge is -2.23. The van der Waals surface area contributed by atoms with Gasteiger partial charge in [-0.2, -0.15) is 0 Å². The van der Waals surface area contributed by atoms with Crippen LogP contribution in [-0.2, 0) is 19.2 Å². The number of rotatable bonds is 6. The Bertz CT molecular complexity index is 443. The Labute approximate surface area is 130 Å². The van der Waals surface area contributed by atoms with Gasteiger partial charge in [-0.25, -0.2) is 0 Å². The summed E-state index contributed by atoms with van der Waals surface area (Å²) in [5, 5.41) is 10.0. The van der Waals surface area contributed by atoms with Crippen molar-refractivity contribution < 1.29 is 19.2 Å². The average Bonchev–Trinajstić information content (AvgIpc) is 2.32. The molecule has 0 aromatic heterocycles. The van der Waals surface area contributed by atoms with Crippen LogP contribution in [0.2, 0.25) is 0 Å². The third-order valence-corrected chi connectivity index (χ3v) is 2.51. The zero-order valence-electron chi connectivity index (χ0n) is 14.0. The van der Waals surface area contributed by atoms with Gasteiger partial charge in [-0.05, 0) is 34.6 Å². The van der Waals surface area contributed by atoms with Crippen molar-refractivity contribution in [1.82, 2.24) is 21.3 Å². The molecule has 4 amide bonds. The fourth-order valence-corrected chi connectivity index (χ4v) is 1.53. The van der Waals surface area contributed by atoms with Gasteiger partial charge in [-0.15, -0.1) is 0 Å². The summed E-state index contributed by atoms with van der Waals surface area (Å²) in [6, 6.07) is -1.44. The molecule has 0 rings (SSSR count). The summed E-state index contributed by atoms with van der Waals surface area (Å²) in [7, 11) is 0. The summed E-state index contributed by atoms with van der Waals surface area (Å²) in [5.41, 5.74) is -0.391. The number of nitrogens with one attached hydrogen (secondary N) is 4. The second kappa shape index (κ2) is 8.35. The van der Waals surface area contributed by atoms with Crippen LogP contribution >= 0.6 is 0 Å². The smallest absolute Gasteiger partial charge is 0.242 e. The van der Waals surface area contributed by atoms with Gasteiger partial charge >= 0.3 is 0 Å². The van der Waals surface area contributed by atoms with Gasteiger partial charge in [0, 0.05) is 12.5 Å². The lowest BCUT2D eigenvalue weighted by Crippen LogP contribution is -2.53. The Hall–Kier alpha value is -2.12. The molecule has 0 bridgehead atoms. The molecule has 22 heavy (non-hydrogen) atoms. The first-order valence-electron chi connectivity index (χ1n) is 7.08. The van der Waals surface area contributed by atoms with Gasteiger partial charge < -0.3 is 21.3 Å². The molecule has 0 saturated heterocycles. The van der Waals surface area contributed by atoms with E-state index in [-0.39, 0.29) is 18.4 Å². The van der Waals surface area contributed by atoms with Crippen molar-refractivity contribution in [2.75, 3.05) is 6.54 Å². The van der Waals surface area contributed by atoms with E-state index < -0.39 is 29.4 Å². The minimum Gasteiger partial charge on any atom is -0.350 e. The van der Waals surface area contributed by atoms with E-state index in [4.69, 9.17) is 0 Å². The highest BCUT2D eigenvalue weighted by molar-refractivity contribution is 5.92. The standard InChI is InChI=1S/C14H26N4O4/c1-8(16-10(3)19)12(21)15-7-11(20)17-9(2)13(22)18-14(4,5)6/h8-9H,7H2,1-6H3,(H,15,21)(H,16,19)(H,17,20)(H,18,22). The van der Waals surface area contributed by atoms with Crippen LogP contribution in [0.5, 0.6) is 0 Å².